The van der Waals surface area contributed by atoms with Gasteiger partial charge in [0, 0.05) is 47.6 Å². The molecule has 53 heavy (non-hydrogen) atoms. The molecule has 3 amide bonds. The number of fused-ring (bicyclic) bond motifs is 1. The molecule has 3 atom stereocenters. The van der Waals surface area contributed by atoms with Crippen LogP contribution >= 0.6 is 11.3 Å². The van der Waals surface area contributed by atoms with Crippen molar-refractivity contribution in [3.05, 3.63) is 75.4 Å². The van der Waals surface area contributed by atoms with E-state index in [9.17, 15) is 23.7 Å². The van der Waals surface area contributed by atoms with E-state index in [4.69, 9.17) is 4.74 Å². The summed E-state index contributed by atoms with van der Waals surface area (Å²) in [5.41, 5.74) is 5.56. The van der Waals surface area contributed by atoms with Gasteiger partial charge >= 0.3 is 0 Å². The van der Waals surface area contributed by atoms with Crippen LogP contribution in [0.1, 0.15) is 78.0 Å². The second-order valence-electron chi connectivity index (χ2n) is 14.2. The zero-order valence-corrected chi connectivity index (χ0v) is 33.2. The SMILES string of the molecule is CC(C)C.CC1CC1C(=O)NF.CNC(=O)C1CCCN1C(=O)CNc1ccccc1.COc1ccc2c(=O)cc(-c3nc(C(C)C)cs3)[nH]c2c1C. The topological polar surface area (TPSA) is 146 Å². The fourth-order valence-electron chi connectivity index (χ4n) is 5.55. The Morgan fingerprint density at radius 3 is 2.26 bits per heavy atom. The second kappa shape index (κ2) is 20.5. The van der Waals surface area contributed by atoms with Crippen LogP contribution in [0.2, 0.25) is 0 Å². The van der Waals surface area contributed by atoms with E-state index in [0.29, 0.717) is 23.8 Å². The third kappa shape index (κ3) is 12.4. The minimum atomic E-state index is -0.461. The average Bonchev–Trinajstić information content (AvgIpc) is 3.49. The summed E-state index contributed by atoms with van der Waals surface area (Å²) in [6, 6.07) is 14.5. The number of nitrogens with zero attached hydrogens (tertiary/aromatic N) is 2. The van der Waals surface area contributed by atoms with Gasteiger partial charge in [-0.15, -0.1) is 15.8 Å². The molecule has 2 fully saturated rings. The van der Waals surface area contributed by atoms with Crippen LogP contribution in [0.15, 0.2) is 58.7 Å². The van der Waals surface area contributed by atoms with Crippen molar-refractivity contribution in [2.75, 3.05) is 32.6 Å². The number of methoxy groups -OCH3 is 1. The van der Waals surface area contributed by atoms with Crippen molar-refractivity contribution >= 4 is 45.6 Å². The number of carbonyl (C=O) groups excluding carboxylic acids is 3. The standard InChI is InChI=1S/C17H18N2O2S.C14H19N3O2.C5H8FNO.C4H10/c1-9(2)13-8-22-17(19-13)12-7-14(20)11-5-6-15(21-4)10(3)16(11)18-12;1-15-14(19)12-8-5-9-17(12)13(18)10-16-11-6-3-2-4-7-11;1-3-2-4(3)5(8)7-6;1-4(2)3/h5-9H,1-4H3,(H,18,20);2-4,6-7,12,16H,5,8-10H2,1H3,(H,15,19);3-4H,2H2,1H3,(H,7,8);4H,1-3H3. The minimum Gasteiger partial charge on any atom is -0.496 e. The quantitative estimate of drug-likeness (QED) is 0.139. The van der Waals surface area contributed by atoms with Crippen molar-refractivity contribution in [2.24, 2.45) is 17.8 Å². The normalized spacial score (nSPS) is 17.1. The first-order valence-corrected chi connectivity index (χ1v) is 19.0. The number of hydrogen-bond donors (Lipinski definition) is 4. The summed E-state index contributed by atoms with van der Waals surface area (Å²) in [5, 5.41) is 9.24. The second-order valence-corrected chi connectivity index (χ2v) is 15.0. The lowest BCUT2D eigenvalue weighted by Gasteiger charge is -2.23. The van der Waals surface area contributed by atoms with Crippen LogP contribution in [0.25, 0.3) is 21.6 Å². The van der Waals surface area contributed by atoms with Gasteiger partial charge < -0.3 is 25.3 Å². The molecular formula is C40H55FN6O5S. The number of anilines is 1. The number of H-pyrrole nitrogens is 1. The van der Waals surface area contributed by atoms with E-state index in [1.807, 2.05) is 55.6 Å². The molecule has 0 bridgehead atoms. The predicted octanol–water partition coefficient (Wildman–Crippen LogP) is 7.23. The van der Waals surface area contributed by atoms with Crippen LogP contribution in [0.3, 0.4) is 0 Å². The van der Waals surface area contributed by atoms with Crippen LogP contribution in [-0.2, 0) is 14.4 Å². The number of nitrogens with one attached hydrogen (secondary N) is 4. The van der Waals surface area contributed by atoms with Crippen LogP contribution in [-0.4, -0.2) is 65.9 Å². The molecule has 1 aliphatic heterocycles. The zero-order valence-electron chi connectivity index (χ0n) is 32.3. The van der Waals surface area contributed by atoms with Crippen LogP contribution in [0.5, 0.6) is 5.75 Å². The maximum absolute atomic E-state index is 12.4. The largest absolute Gasteiger partial charge is 0.496 e. The highest BCUT2D eigenvalue weighted by atomic mass is 32.1. The highest BCUT2D eigenvalue weighted by Gasteiger charge is 2.39. The number of ether oxygens (including phenoxy) is 1. The molecule has 1 saturated heterocycles. The molecule has 4 N–H and O–H groups in total. The average molecular weight is 751 g/mol. The van der Waals surface area contributed by atoms with E-state index in [2.05, 4.69) is 55.2 Å². The van der Waals surface area contributed by atoms with E-state index in [1.165, 1.54) is 0 Å². The molecule has 0 spiro atoms. The maximum atomic E-state index is 12.4. The van der Waals surface area contributed by atoms with Crippen molar-refractivity contribution in [3.8, 4) is 16.5 Å². The molecule has 3 unspecified atom stereocenters. The Bertz CT molecular complexity index is 1860. The molecule has 13 heteroatoms. The van der Waals surface area contributed by atoms with Crippen LogP contribution < -0.4 is 26.3 Å². The van der Waals surface area contributed by atoms with Gasteiger partial charge in [0.2, 0.25) is 11.8 Å². The van der Waals surface area contributed by atoms with Gasteiger partial charge in [-0.3, -0.25) is 19.2 Å². The molecule has 0 radical (unpaired) electrons. The van der Waals surface area contributed by atoms with Crippen molar-refractivity contribution in [3.63, 3.8) is 0 Å². The highest BCUT2D eigenvalue weighted by Crippen LogP contribution is 2.37. The van der Waals surface area contributed by atoms with Crippen molar-refractivity contribution in [2.45, 2.75) is 79.7 Å². The van der Waals surface area contributed by atoms with Crippen molar-refractivity contribution in [1.29, 1.82) is 0 Å². The Morgan fingerprint density at radius 2 is 1.74 bits per heavy atom. The smallest absolute Gasteiger partial charge is 0.251 e. The van der Waals surface area contributed by atoms with Crippen LogP contribution in [0, 0.1) is 24.7 Å². The fourth-order valence-corrected chi connectivity index (χ4v) is 6.50. The van der Waals surface area contributed by atoms with E-state index in [0.717, 1.165) is 69.6 Å². The van der Waals surface area contributed by atoms with E-state index < -0.39 is 5.91 Å². The molecule has 2 aromatic carbocycles. The number of aromatic nitrogens is 2. The van der Waals surface area contributed by atoms with Gasteiger partial charge in [-0.1, -0.05) is 59.7 Å². The van der Waals surface area contributed by atoms with Gasteiger partial charge in [0.1, 0.15) is 16.8 Å². The van der Waals surface area contributed by atoms with Gasteiger partial charge in [-0.05, 0) is 68.2 Å². The fraction of sp³-hybridized carbons (Fsp3) is 0.475. The lowest BCUT2D eigenvalue weighted by molar-refractivity contribution is -0.136. The number of benzene rings is 2. The lowest BCUT2D eigenvalue weighted by Crippen LogP contribution is -2.46. The number of aromatic amines is 1. The number of likely N-dealkylation sites (tertiary alicyclic amines) is 1. The molecule has 11 nitrogen and oxygen atoms in total. The van der Waals surface area contributed by atoms with Crippen molar-refractivity contribution in [1.82, 2.24) is 25.7 Å². The molecule has 3 heterocycles. The summed E-state index contributed by atoms with van der Waals surface area (Å²) in [5.74, 6) is 1.75. The van der Waals surface area contributed by atoms with E-state index in [1.54, 1.807) is 42.5 Å². The lowest BCUT2D eigenvalue weighted by atomic mass is 10.1. The molecule has 4 aromatic rings. The molecule has 288 valence electrons. The summed E-state index contributed by atoms with van der Waals surface area (Å²) < 4.78 is 16.6. The van der Waals surface area contributed by atoms with E-state index >= 15 is 0 Å². The number of para-hydroxylation sites is 1. The number of halogens is 1. The van der Waals surface area contributed by atoms with Gasteiger partial charge in [-0.25, -0.2) is 4.98 Å². The number of hydrogen-bond acceptors (Lipinski definition) is 8. The van der Waals surface area contributed by atoms with Crippen LogP contribution in [0.4, 0.5) is 10.2 Å². The third-order valence-corrected chi connectivity index (χ3v) is 9.55. The Morgan fingerprint density at radius 1 is 1.08 bits per heavy atom. The van der Waals surface area contributed by atoms with Crippen molar-refractivity contribution < 1.29 is 23.6 Å². The number of aryl methyl sites for hydroxylation is 1. The molecule has 1 saturated carbocycles. The van der Waals surface area contributed by atoms with E-state index in [-0.39, 0.29) is 35.7 Å². The summed E-state index contributed by atoms with van der Waals surface area (Å²) in [7, 11) is 3.23. The third-order valence-electron chi connectivity index (χ3n) is 8.66. The molecule has 2 aliphatic rings. The molecule has 2 aromatic heterocycles. The Labute approximate surface area is 316 Å². The zero-order chi connectivity index (χ0) is 39.2. The van der Waals surface area contributed by atoms with Gasteiger partial charge in [0.15, 0.2) is 5.43 Å². The van der Waals surface area contributed by atoms with Gasteiger partial charge in [-0.2, -0.15) is 5.54 Å². The first kappa shape index (κ1) is 42.6. The first-order chi connectivity index (χ1) is 25.2. The van der Waals surface area contributed by atoms with Gasteiger partial charge in [0.25, 0.3) is 5.91 Å². The highest BCUT2D eigenvalue weighted by molar-refractivity contribution is 7.13. The summed E-state index contributed by atoms with van der Waals surface area (Å²) >= 11 is 1.55. The monoisotopic (exact) mass is 750 g/mol. The Kier molecular flexibility index (Phi) is 16.5. The minimum absolute atomic E-state index is 0.00389. The number of likely N-dealkylation sites (N-methyl/N-ethyl adjacent to an activating group) is 1. The number of thiazole rings is 1. The number of amides is 3. The number of rotatable bonds is 8. The molecular weight excluding hydrogens is 696 g/mol. The summed E-state index contributed by atoms with van der Waals surface area (Å²) in [6.45, 7) is 15.5. The first-order valence-electron chi connectivity index (χ1n) is 18.1. The molecule has 6 rings (SSSR count). The maximum Gasteiger partial charge on any atom is 0.251 e. The summed E-state index contributed by atoms with van der Waals surface area (Å²) in [4.78, 5) is 56.1. The predicted molar refractivity (Wildman–Crippen MR) is 212 cm³/mol. The summed E-state index contributed by atoms with van der Waals surface area (Å²) in [6.07, 6.45) is 2.47. The Hall–Kier alpha value is -4.78. The molecule has 1 aliphatic carbocycles. The number of pyridine rings is 1. The van der Waals surface area contributed by atoms with Gasteiger partial charge in [0.05, 0.1) is 30.6 Å². The Balaban J connectivity index is 0.000000220. The number of carbonyl (C=O) groups is 3.